The molecule has 2 aliphatic rings. The number of nitrogens with two attached hydrogens (primary N) is 1. The first-order valence-corrected chi connectivity index (χ1v) is 9.18. The van der Waals surface area contributed by atoms with E-state index in [4.69, 9.17) is 5.73 Å². The minimum absolute atomic E-state index is 0.0321. The van der Waals surface area contributed by atoms with Crippen molar-refractivity contribution in [3.63, 3.8) is 0 Å². The first kappa shape index (κ1) is 19.7. The second-order valence-corrected chi connectivity index (χ2v) is 6.87. The van der Waals surface area contributed by atoms with E-state index in [1.807, 2.05) is 0 Å². The van der Waals surface area contributed by atoms with Crippen molar-refractivity contribution >= 4 is 23.0 Å². The molecule has 0 amide bonds. The Morgan fingerprint density at radius 2 is 1.43 bits per heavy atom. The van der Waals surface area contributed by atoms with Crippen LogP contribution in [0.2, 0.25) is 0 Å². The molecule has 0 atom stereocenters. The van der Waals surface area contributed by atoms with Gasteiger partial charge in [0.2, 0.25) is 17.7 Å². The Kier molecular flexibility index (Phi) is 6.17. The first-order valence-electron chi connectivity index (χ1n) is 9.18. The topological polar surface area (TPSA) is 119 Å². The number of nitrogen functional groups attached to an aromatic ring is 1. The van der Waals surface area contributed by atoms with Gasteiger partial charge < -0.3 is 16.4 Å². The third-order valence-corrected chi connectivity index (χ3v) is 4.82. The summed E-state index contributed by atoms with van der Waals surface area (Å²) in [6.07, 6.45) is 6.48. The summed E-state index contributed by atoms with van der Waals surface area (Å²) in [4.78, 5) is 17.3. The molecule has 2 heterocycles. The van der Waals surface area contributed by atoms with Gasteiger partial charge in [0.25, 0.3) is 0 Å². The van der Waals surface area contributed by atoms with E-state index >= 15 is 0 Å². The largest absolute Gasteiger partial charge is 0.396 e. The molecule has 2 aromatic heterocycles. The Bertz CT molecular complexity index is 843. The van der Waals surface area contributed by atoms with Crippen LogP contribution in [0.1, 0.15) is 38.5 Å². The normalized spacial score (nSPS) is 16.2. The van der Waals surface area contributed by atoms with E-state index in [-0.39, 0.29) is 17.5 Å². The smallest absolute Gasteiger partial charge is 0.311 e. The predicted octanol–water partition coefficient (Wildman–Crippen LogP) is 3.86. The Balaban J connectivity index is 0.000000162. The van der Waals surface area contributed by atoms with E-state index in [2.05, 4.69) is 20.6 Å². The maximum absolute atomic E-state index is 12.8. The van der Waals surface area contributed by atoms with Crippen molar-refractivity contribution in [2.45, 2.75) is 50.6 Å². The van der Waals surface area contributed by atoms with Gasteiger partial charge >= 0.3 is 5.69 Å². The zero-order valence-corrected chi connectivity index (χ0v) is 15.2. The standard InChI is InChI=1S/C9H10FN3O2.C9H12FN3/c10-8-5-4-7(13(14)15)9(12-8)11-6-2-1-3-6;10-8-5-4-7(11)9(13-8)12-6-2-1-3-6/h4-6H,1-3H2,(H,11,12);4-6H,1-3,11H2,(H,12,13). The van der Waals surface area contributed by atoms with Crippen molar-refractivity contribution in [2.24, 2.45) is 0 Å². The SMILES string of the molecule is Nc1ccc(F)nc1NC1CCC1.O=[N+]([O-])c1ccc(F)nc1NC1CCC1. The molecule has 2 aromatic rings. The lowest BCUT2D eigenvalue weighted by Gasteiger charge is -2.27. The van der Waals surface area contributed by atoms with Crippen molar-refractivity contribution < 1.29 is 13.7 Å². The number of hydrogen-bond donors (Lipinski definition) is 3. The van der Waals surface area contributed by atoms with Gasteiger partial charge in [-0.05, 0) is 50.7 Å². The van der Waals surface area contributed by atoms with E-state index < -0.39 is 16.8 Å². The second kappa shape index (κ2) is 8.77. The fraction of sp³-hybridized carbons (Fsp3) is 0.444. The van der Waals surface area contributed by atoms with Crippen molar-refractivity contribution in [3.8, 4) is 0 Å². The molecule has 10 heteroatoms. The number of nitrogens with zero attached hydrogens (tertiary/aromatic N) is 3. The van der Waals surface area contributed by atoms with E-state index in [9.17, 15) is 18.9 Å². The van der Waals surface area contributed by atoms with Crippen LogP contribution in [0.5, 0.6) is 0 Å². The highest BCUT2D eigenvalue weighted by atomic mass is 19.1. The maximum Gasteiger partial charge on any atom is 0.311 e. The molecule has 0 bridgehead atoms. The molecule has 150 valence electrons. The fourth-order valence-electron chi connectivity index (χ4n) is 2.74. The molecule has 0 aliphatic heterocycles. The van der Waals surface area contributed by atoms with Crippen LogP contribution < -0.4 is 16.4 Å². The lowest BCUT2D eigenvalue weighted by molar-refractivity contribution is -0.384. The quantitative estimate of drug-likeness (QED) is 0.401. The lowest BCUT2D eigenvalue weighted by atomic mass is 9.93. The number of nitro groups is 1. The van der Waals surface area contributed by atoms with Crippen LogP contribution in [0, 0.1) is 22.0 Å². The summed E-state index contributed by atoms with van der Waals surface area (Å²) in [6, 6.07) is 5.53. The molecule has 2 saturated carbocycles. The molecule has 4 N–H and O–H groups in total. The van der Waals surface area contributed by atoms with Crippen LogP contribution in [-0.2, 0) is 0 Å². The molecule has 2 fully saturated rings. The maximum atomic E-state index is 12.8. The van der Waals surface area contributed by atoms with Crippen LogP contribution in [0.15, 0.2) is 24.3 Å². The number of hydrogen-bond acceptors (Lipinski definition) is 7. The minimum Gasteiger partial charge on any atom is -0.396 e. The number of anilines is 3. The summed E-state index contributed by atoms with van der Waals surface area (Å²) in [5.41, 5.74) is 5.96. The molecule has 0 unspecified atom stereocenters. The summed E-state index contributed by atoms with van der Waals surface area (Å²) in [6.45, 7) is 0. The molecule has 28 heavy (non-hydrogen) atoms. The third kappa shape index (κ3) is 5.02. The summed E-state index contributed by atoms with van der Waals surface area (Å²) >= 11 is 0. The highest BCUT2D eigenvalue weighted by Crippen LogP contribution is 2.28. The number of halogens is 2. The van der Waals surface area contributed by atoms with Crippen molar-refractivity contribution in [1.82, 2.24) is 9.97 Å². The van der Waals surface area contributed by atoms with Crippen LogP contribution >= 0.6 is 0 Å². The third-order valence-electron chi connectivity index (χ3n) is 4.82. The summed E-state index contributed by atoms with van der Waals surface area (Å²) in [5.74, 6) is -0.687. The number of nitrogens with one attached hydrogen (secondary N) is 2. The molecule has 8 nitrogen and oxygen atoms in total. The monoisotopic (exact) mass is 392 g/mol. The molecule has 0 radical (unpaired) electrons. The summed E-state index contributed by atoms with van der Waals surface area (Å²) < 4.78 is 25.5. The van der Waals surface area contributed by atoms with Crippen molar-refractivity contribution in [1.29, 1.82) is 0 Å². The molecule has 0 spiro atoms. The molecule has 2 aliphatic carbocycles. The molecular formula is C18H22F2N6O2. The van der Waals surface area contributed by atoms with E-state index in [0.29, 0.717) is 17.5 Å². The van der Waals surface area contributed by atoms with Crippen molar-refractivity contribution in [3.05, 3.63) is 46.3 Å². The highest BCUT2D eigenvalue weighted by molar-refractivity contribution is 5.61. The van der Waals surface area contributed by atoms with Gasteiger partial charge in [-0.1, -0.05) is 0 Å². The molecule has 0 aromatic carbocycles. The van der Waals surface area contributed by atoms with Gasteiger partial charge in [-0.25, -0.2) is 4.98 Å². The molecule has 4 rings (SSSR count). The number of aromatic nitrogens is 2. The van der Waals surface area contributed by atoms with Gasteiger partial charge in [-0.2, -0.15) is 13.8 Å². The van der Waals surface area contributed by atoms with Gasteiger partial charge in [0.05, 0.1) is 10.6 Å². The van der Waals surface area contributed by atoms with E-state index in [1.54, 1.807) is 0 Å². The van der Waals surface area contributed by atoms with E-state index in [1.165, 1.54) is 18.6 Å². The van der Waals surface area contributed by atoms with Gasteiger partial charge in [0, 0.05) is 24.2 Å². The molecule has 0 saturated heterocycles. The number of rotatable bonds is 5. The highest BCUT2D eigenvalue weighted by Gasteiger charge is 2.23. The van der Waals surface area contributed by atoms with Gasteiger partial charge in [0.1, 0.15) is 0 Å². The first-order chi connectivity index (χ1) is 13.4. The fourth-order valence-corrected chi connectivity index (χ4v) is 2.74. The average Bonchev–Trinajstić information content (AvgIpc) is 2.57. The second-order valence-electron chi connectivity index (χ2n) is 6.87. The zero-order chi connectivity index (χ0) is 20.1. The van der Waals surface area contributed by atoms with Gasteiger partial charge in [-0.15, -0.1) is 0 Å². The zero-order valence-electron chi connectivity index (χ0n) is 15.2. The van der Waals surface area contributed by atoms with Crippen LogP contribution in [0.4, 0.5) is 31.8 Å². The van der Waals surface area contributed by atoms with E-state index in [0.717, 1.165) is 44.2 Å². The van der Waals surface area contributed by atoms with Crippen LogP contribution in [-0.4, -0.2) is 27.0 Å². The van der Waals surface area contributed by atoms with Gasteiger partial charge in [0.15, 0.2) is 5.82 Å². The molecular weight excluding hydrogens is 370 g/mol. The van der Waals surface area contributed by atoms with Crippen molar-refractivity contribution in [2.75, 3.05) is 16.4 Å². The Morgan fingerprint density at radius 3 is 1.93 bits per heavy atom. The minimum atomic E-state index is -0.706. The number of pyridine rings is 2. The lowest BCUT2D eigenvalue weighted by Crippen LogP contribution is -2.28. The van der Waals surface area contributed by atoms with Gasteiger partial charge in [-0.3, -0.25) is 10.1 Å². The summed E-state index contributed by atoms with van der Waals surface area (Å²) in [5, 5.41) is 16.6. The van der Waals surface area contributed by atoms with Crippen LogP contribution in [0.3, 0.4) is 0 Å². The average molecular weight is 392 g/mol. The Hall–Kier alpha value is -3.04. The Labute approximate surface area is 160 Å². The predicted molar refractivity (Wildman–Crippen MR) is 102 cm³/mol. The summed E-state index contributed by atoms with van der Waals surface area (Å²) in [7, 11) is 0. The van der Waals surface area contributed by atoms with Crippen LogP contribution in [0.25, 0.3) is 0 Å². The Morgan fingerprint density at radius 1 is 0.929 bits per heavy atom.